The molecular weight excluding hydrogens is 399 g/mol. The molecule has 0 N–H and O–H groups in total. The Kier molecular flexibility index (Phi) is 5.65. The van der Waals surface area contributed by atoms with Crippen LogP contribution < -0.4 is 0 Å². The Hall–Kier alpha value is -0.895. The zero-order valence-electron chi connectivity index (χ0n) is 16.1. The molecule has 2 saturated carbocycles. The first kappa shape index (κ1) is 19.4. The van der Waals surface area contributed by atoms with Crippen molar-refractivity contribution in [2.45, 2.75) is 76.4 Å². The second-order valence-corrected chi connectivity index (χ2v) is 9.56. The number of ketones is 2. The SMILES string of the molecule is [B]CC(=O)C1CCC(c2ccc(C(=O)CBr)c3c2CC2(CCCC2)C3)CC1. The van der Waals surface area contributed by atoms with E-state index >= 15 is 0 Å². The molecule has 1 spiro atoms. The van der Waals surface area contributed by atoms with Gasteiger partial charge in [-0.2, -0.15) is 0 Å². The Labute approximate surface area is 172 Å². The number of hydrogen-bond acceptors (Lipinski definition) is 2. The van der Waals surface area contributed by atoms with Crippen LogP contribution in [0.1, 0.15) is 84.3 Å². The molecule has 0 aromatic heterocycles. The number of Topliss-reactive ketones (excluding diaryl/α,β-unsaturated/α-hetero) is 2. The maximum Gasteiger partial charge on any atom is 0.173 e. The van der Waals surface area contributed by atoms with Gasteiger partial charge >= 0.3 is 0 Å². The van der Waals surface area contributed by atoms with Crippen LogP contribution in [0.25, 0.3) is 0 Å². The summed E-state index contributed by atoms with van der Waals surface area (Å²) < 4.78 is 0. The molecule has 0 heterocycles. The molecule has 1 aromatic rings. The van der Waals surface area contributed by atoms with Gasteiger partial charge in [0.25, 0.3) is 0 Å². The molecule has 2 nitrogen and oxygen atoms in total. The molecule has 0 bridgehead atoms. The van der Waals surface area contributed by atoms with Crippen molar-refractivity contribution < 1.29 is 9.59 Å². The molecule has 0 unspecified atom stereocenters. The second kappa shape index (κ2) is 7.85. The zero-order chi connectivity index (χ0) is 19.0. The van der Waals surface area contributed by atoms with E-state index in [2.05, 4.69) is 28.1 Å². The Morgan fingerprint density at radius 2 is 1.70 bits per heavy atom. The lowest BCUT2D eigenvalue weighted by atomic mass is 9.73. The maximum absolute atomic E-state index is 12.5. The maximum atomic E-state index is 12.5. The fourth-order valence-corrected chi connectivity index (χ4v) is 6.32. The highest BCUT2D eigenvalue weighted by Gasteiger charge is 2.42. The first-order valence-corrected chi connectivity index (χ1v) is 11.7. The Bertz CT molecular complexity index is 743. The van der Waals surface area contributed by atoms with E-state index in [0.717, 1.165) is 44.1 Å². The van der Waals surface area contributed by atoms with E-state index in [9.17, 15) is 9.59 Å². The van der Waals surface area contributed by atoms with E-state index in [1.54, 1.807) is 0 Å². The highest BCUT2D eigenvalue weighted by molar-refractivity contribution is 9.09. The first-order chi connectivity index (χ1) is 13.1. The van der Waals surface area contributed by atoms with E-state index in [4.69, 9.17) is 7.85 Å². The standard InChI is InChI=1S/C23H28BBrO2/c24-13-21(26)16-5-3-15(4-6-16)17-7-8-18(22(27)14-25)20-12-23(11-19(17)20)9-1-2-10-23/h7-8,15-16H,1-6,9-14H2. The molecule has 1 aromatic carbocycles. The summed E-state index contributed by atoms with van der Waals surface area (Å²) >= 11 is 3.37. The molecule has 0 amide bonds. The van der Waals surface area contributed by atoms with Crippen LogP contribution in [0, 0.1) is 11.3 Å². The van der Waals surface area contributed by atoms with Gasteiger partial charge in [0.1, 0.15) is 5.78 Å². The van der Waals surface area contributed by atoms with Gasteiger partial charge in [-0.25, -0.2) is 0 Å². The van der Waals surface area contributed by atoms with Gasteiger partial charge in [-0.3, -0.25) is 4.79 Å². The third-order valence-electron chi connectivity index (χ3n) is 7.48. The van der Waals surface area contributed by atoms with Crippen LogP contribution in [-0.2, 0) is 17.6 Å². The molecule has 0 saturated heterocycles. The van der Waals surface area contributed by atoms with Crippen molar-refractivity contribution in [2.24, 2.45) is 11.3 Å². The molecule has 3 aliphatic carbocycles. The van der Waals surface area contributed by atoms with Crippen LogP contribution in [0.5, 0.6) is 0 Å². The molecule has 0 aliphatic heterocycles. The van der Waals surface area contributed by atoms with E-state index < -0.39 is 0 Å². The summed E-state index contributed by atoms with van der Waals surface area (Å²) in [7, 11) is 5.56. The third kappa shape index (κ3) is 3.59. The van der Waals surface area contributed by atoms with Crippen LogP contribution in [-0.4, -0.2) is 24.7 Å². The van der Waals surface area contributed by atoms with Gasteiger partial charge in [0.05, 0.1) is 13.2 Å². The van der Waals surface area contributed by atoms with Crippen molar-refractivity contribution in [2.75, 3.05) is 5.33 Å². The van der Waals surface area contributed by atoms with Gasteiger partial charge < -0.3 is 4.79 Å². The summed E-state index contributed by atoms with van der Waals surface area (Å²) in [5.41, 5.74) is 5.66. The molecule has 142 valence electrons. The average molecular weight is 427 g/mol. The number of carbonyl (C=O) groups is 2. The smallest absolute Gasteiger partial charge is 0.173 e. The summed E-state index contributed by atoms with van der Waals surface area (Å²) in [6.07, 6.45) is 11.8. The van der Waals surface area contributed by atoms with E-state index in [0.29, 0.717) is 16.7 Å². The molecule has 2 fully saturated rings. The summed E-state index contributed by atoms with van der Waals surface area (Å²) in [5, 5.41) is 0.401. The van der Waals surface area contributed by atoms with Crippen LogP contribution in [0.4, 0.5) is 0 Å². The van der Waals surface area contributed by atoms with E-state index in [1.807, 2.05) is 0 Å². The Morgan fingerprint density at radius 3 is 2.33 bits per heavy atom. The number of carbonyl (C=O) groups excluding carboxylic acids is 2. The molecule has 2 radical (unpaired) electrons. The van der Waals surface area contributed by atoms with Crippen molar-refractivity contribution in [3.8, 4) is 0 Å². The van der Waals surface area contributed by atoms with Gasteiger partial charge in [-0.1, -0.05) is 40.9 Å². The lowest BCUT2D eigenvalue weighted by Crippen LogP contribution is -2.21. The minimum atomic E-state index is 0.162. The number of benzene rings is 1. The molecule has 27 heavy (non-hydrogen) atoms. The summed E-state index contributed by atoms with van der Waals surface area (Å²) in [6, 6.07) is 4.32. The van der Waals surface area contributed by atoms with Crippen LogP contribution in [0.3, 0.4) is 0 Å². The number of hydrogen-bond donors (Lipinski definition) is 0. The third-order valence-corrected chi connectivity index (χ3v) is 7.99. The van der Waals surface area contributed by atoms with E-state index in [-0.39, 0.29) is 23.8 Å². The monoisotopic (exact) mass is 426 g/mol. The molecule has 0 atom stereocenters. The molecular formula is C23H28BBrO2. The van der Waals surface area contributed by atoms with Crippen molar-refractivity contribution in [1.82, 2.24) is 0 Å². The predicted octanol–water partition coefficient (Wildman–Crippen LogP) is 5.35. The Morgan fingerprint density at radius 1 is 1.04 bits per heavy atom. The molecule has 4 heteroatoms. The fraction of sp³-hybridized carbons (Fsp3) is 0.652. The summed E-state index contributed by atoms with van der Waals surface area (Å²) in [5.74, 6) is 1.13. The molecule has 4 rings (SSSR count). The van der Waals surface area contributed by atoms with Crippen LogP contribution in [0.15, 0.2) is 12.1 Å². The highest BCUT2D eigenvalue weighted by Crippen LogP contribution is 2.52. The normalized spacial score (nSPS) is 26.3. The van der Waals surface area contributed by atoms with Crippen molar-refractivity contribution in [3.63, 3.8) is 0 Å². The van der Waals surface area contributed by atoms with Crippen LogP contribution >= 0.6 is 15.9 Å². The fourth-order valence-electron chi connectivity index (χ4n) is 6.02. The minimum Gasteiger partial charge on any atom is -0.300 e. The van der Waals surface area contributed by atoms with Crippen molar-refractivity contribution in [1.29, 1.82) is 0 Å². The predicted molar refractivity (Wildman–Crippen MR) is 113 cm³/mol. The average Bonchev–Trinajstić information content (AvgIpc) is 3.32. The number of alkyl halides is 1. The van der Waals surface area contributed by atoms with Crippen molar-refractivity contribution in [3.05, 3.63) is 34.4 Å². The largest absolute Gasteiger partial charge is 0.300 e. The first-order valence-electron chi connectivity index (χ1n) is 10.5. The van der Waals surface area contributed by atoms with Gasteiger partial charge in [0, 0.05) is 11.5 Å². The highest BCUT2D eigenvalue weighted by atomic mass is 79.9. The molecule has 3 aliphatic rings. The lowest BCUT2D eigenvalue weighted by molar-refractivity contribution is -0.121. The Balaban J connectivity index is 1.63. The second-order valence-electron chi connectivity index (χ2n) is 9.00. The van der Waals surface area contributed by atoms with Crippen molar-refractivity contribution >= 4 is 35.3 Å². The van der Waals surface area contributed by atoms with E-state index in [1.165, 1.54) is 42.4 Å². The van der Waals surface area contributed by atoms with Gasteiger partial charge in [-0.15, -0.1) is 0 Å². The summed E-state index contributed by atoms with van der Waals surface area (Å²) in [6.45, 7) is 0. The quantitative estimate of drug-likeness (QED) is 0.361. The van der Waals surface area contributed by atoms with Gasteiger partial charge in [-0.05, 0) is 85.7 Å². The van der Waals surface area contributed by atoms with Gasteiger partial charge in [0.2, 0.25) is 0 Å². The van der Waals surface area contributed by atoms with Crippen LogP contribution in [0.2, 0.25) is 6.32 Å². The number of fused-ring (bicyclic) bond motifs is 1. The number of rotatable bonds is 5. The lowest BCUT2D eigenvalue weighted by Gasteiger charge is -2.30. The summed E-state index contributed by atoms with van der Waals surface area (Å²) in [4.78, 5) is 24.5. The topological polar surface area (TPSA) is 34.1 Å². The zero-order valence-corrected chi connectivity index (χ0v) is 17.7. The number of halogens is 1. The van der Waals surface area contributed by atoms with Gasteiger partial charge in [0.15, 0.2) is 5.78 Å². The minimum absolute atomic E-state index is 0.162.